The van der Waals surface area contributed by atoms with Crippen LogP contribution in [0.5, 0.6) is 0 Å². The smallest absolute Gasteiger partial charge is 0.0792 e. The highest BCUT2D eigenvalue weighted by atomic mass is 16.3. The lowest BCUT2D eigenvalue weighted by atomic mass is 9.87. The highest BCUT2D eigenvalue weighted by Crippen LogP contribution is 2.30. The fourth-order valence-electron chi connectivity index (χ4n) is 3.11. The van der Waals surface area contributed by atoms with E-state index >= 15 is 0 Å². The van der Waals surface area contributed by atoms with Crippen molar-refractivity contribution in [1.29, 1.82) is 0 Å². The standard InChI is InChI=1S/C18H28O/c1-2-3-4-5-6-7-9-15-12-13-17-16(14-15)10-8-11-18(17)19/h12-14,18-19H,2-11H2,1H3. The number of aliphatic hydroxyl groups excluding tert-OH is 1. The molecule has 1 nitrogen and oxygen atoms in total. The predicted octanol–water partition coefficient (Wildman–Crippen LogP) is 4.96. The van der Waals surface area contributed by atoms with E-state index < -0.39 is 0 Å². The lowest BCUT2D eigenvalue weighted by Crippen LogP contribution is -2.09. The summed E-state index contributed by atoms with van der Waals surface area (Å²) in [4.78, 5) is 0. The Labute approximate surface area is 118 Å². The molecule has 1 aliphatic carbocycles. The van der Waals surface area contributed by atoms with Gasteiger partial charge in [0, 0.05) is 0 Å². The maximum Gasteiger partial charge on any atom is 0.0792 e. The number of hydrogen-bond donors (Lipinski definition) is 1. The van der Waals surface area contributed by atoms with Crippen molar-refractivity contribution in [3.05, 3.63) is 34.9 Å². The van der Waals surface area contributed by atoms with Crippen molar-refractivity contribution in [3.63, 3.8) is 0 Å². The number of fused-ring (bicyclic) bond motifs is 1. The van der Waals surface area contributed by atoms with E-state index in [0.717, 1.165) is 19.3 Å². The number of aliphatic hydroxyl groups is 1. The topological polar surface area (TPSA) is 20.2 Å². The molecule has 0 amide bonds. The molecule has 0 heterocycles. The average Bonchev–Trinajstić information content (AvgIpc) is 2.43. The molecule has 0 aliphatic heterocycles. The van der Waals surface area contributed by atoms with Gasteiger partial charge in [0.05, 0.1) is 6.10 Å². The van der Waals surface area contributed by atoms with Gasteiger partial charge in [-0.1, -0.05) is 57.2 Å². The van der Waals surface area contributed by atoms with Gasteiger partial charge in [0.25, 0.3) is 0 Å². The highest BCUT2D eigenvalue weighted by Gasteiger charge is 2.17. The molecular weight excluding hydrogens is 232 g/mol. The van der Waals surface area contributed by atoms with Crippen molar-refractivity contribution in [2.45, 2.75) is 77.2 Å². The molecule has 0 bridgehead atoms. The minimum absolute atomic E-state index is 0.216. The number of hydrogen-bond acceptors (Lipinski definition) is 1. The van der Waals surface area contributed by atoms with Crippen LogP contribution in [0.2, 0.25) is 0 Å². The van der Waals surface area contributed by atoms with Crippen molar-refractivity contribution in [1.82, 2.24) is 0 Å². The van der Waals surface area contributed by atoms with E-state index in [-0.39, 0.29) is 6.10 Å². The van der Waals surface area contributed by atoms with Crippen molar-refractivity contribution >= 4 is 0 Å². The van der Waals surface area contributed by atoms with Crippen LogP contribution >= 0.6 is 0 Å². The summed E-state index contributed by atoms with van der Waals surface area (Å²) in [7, 11) is 0. The lowest BCUT2D eigenvalue weighted by molar-refractivity contribution is 0.156. The lowest BCUT2D eigenvalue weighted by Gasteiger charge is -2.21. The van der Waals surface area contributed by atoms with E-state index in [9.17, 15) is 5.11 Å². The molecule has 19 heavy (non-hydrogen) atoms. The molecule has 0 saturated carbocycles. The van der Waals surface area contributed by atoms with E-state index in [4.69, 9.17) is 0 Å². The van der Waals surface area contributed by atoms with Gasteiger partial charge < -0.3 is 5.11 Å². The summed E-state index contributed by atoms with van der Waals surface area (Å²) in [5, 5.41) is 9.95. The minimum Gasteiger partial charge on any atom is -0.388 e. The summed E-state index contributed by atoms with van der Waals surface area (Å²) in [6.45, 7) is 2.27. The van der Waals surface area contributed by atoms with Gasteiger partial charge in [-0.2, -0.15) is 0 Å². The first-order valence-corrected chi connectivity index (χ1v) is 8.11. The van der Waals surface area contributed by atoms with E-state index in [2.05, 4.69) is 25.1 Å². The minimum atomic E-state index is -0.216. The van der Waals surface area contributed by atoms with Crippen LogP contribution in [-0.2, 0) is 12.8 Å². The number of rotatable bonds is 7. The van der Waals surface area contributed by atoms with Crippen LogP contribution in [-0.4, -0.2) is 5.11 Å². The second kappa shape index (κ2) is 7.69. The maximum absolute atomic E-state index is 9.95. The third-order valence-electron chi connectivity index (χ3n) is 4.31. The zero-order valence-electron chi connectivity index (χ0n) is 12.3. The van der Waals surface area contributed by atoms with Gasteiger partial charge in [-0.05, 0) is 48.8 Å². The largest absolute Gasteiger partial charge is 0.388 e. The SMILES string of the molecule is CCCCCCCCc1ccc2c(c1)CCCC2O. The van der Waals surface area contributed by atoms with Gasteiger partial charge in [0.1, 0.15) is 0 Å². The Kier molecular flexibility index (Phi) is 5.91. The normalized spacial score (nSPS) is 18.3. The molecule has 0 fully saturated rings. The van der Waals surface area contributed by atoms with Gasteiger partial charge in [-0.3, -0.25) is 0 Å². The Morgan fingerprint density at radius 2 is 1.89 bits per heavy atom. The van der Waals surface area contributed by atoms with Crippen LogP contribution in [0.3, 0.4) is 0 Å². The molecule has 1 heteroatoms. The van der Waals surface area contributed by atoms with Crippen LogP contribution < -0.4 is 0 Å². The summed E-state index contributed by atoms with van der Waals surface area (Å²) in [6.07, 6.45) is 12.4. The quantitative estimate of drug-likeness (QED) is 0.687. The zero-order valence-corrected chi connectivity index (χ0v) is 12.3. The van der Waals surface area contributed by atoms with Crippen molar-refractivity contribution in [2.75, 3.05) is 0 Å². The summed E-state index contributed by atoms with van der Waals surface area (Å²) in [6, 6.07) is 6.72. The first-order valence-electron chi connectivity index (χ1n) is 8.11. The molecule has 0 radical (unpaired) electrons. The summed E-state index contributed by atoms with van der Waals surface area (Å²) in [5.74, 6) is 0. The van der Waals surface area contributed by atoms with Gasteiger partial charge in [-0.25, -0.2) is 0 Å². The summed E-state index contributed by atoms with van der Waals surface area (Å²) < 4.78 is 0. The molecular formula is C18H28O. The molecule has 106 valence electrons. The molecule has 1 aliphatic rings. The molecule has 0 aromatic heterocycles. The van der Waals surface area contributed by atoms with Crippen LogP contribution in [0.25, 0.3) is 0 Å². The van der Waals surface area contributed by atoms with E-state index in [1.165, 1.54) is 61.6 Å². The number of benzene rings is 1. The van der Waals surface area contributed by atoms with Gasteiger partial charge in [-0.15, -0.1) is 0 Å². The van der Waals surface area contributed by atoms with E-state index in [1.807, 2.05) is 0 Å². The maximum atomic E-state index is 9.95. The fourth-order valence-corrected chi connectivity index (χ4v) is 3.11. The first-order chi connectivity index (χ1) is 9.31. The van der Waals surface area contributed by atoms with Gasteiger partial charge in [0.15, 0.2) is 0 Å². The van der Waals surface area contributed by atoms with E-state index in [0.29, 0.717) is 0 Å². The number of unbranched alkanes of at least 4 members (excludes halogenated alkanes) is 5. The average molecular weight is 260 g/mol. The second-order valence-corrected chi connectivity index (χ2v) is 5.96. The number of aryl methyl sites for hydroxylation is 2. The Bertz CT molecular complexity index is 383. The van der Waals surface area contributed by atoms with Crippen LogP contribution in [0, 0.1) is 0 Å². The third-order valence-corrected chi connectivity index (χ3v) is 4.31. The Morgan fingerprint density at radius 1 is 1.11 bits per heavy atom. The molecule has 1 N–H and O–H groups in total. The zero-order chi connectivity index (χ0) is 13.5. The van der Waals surface area contributed by atoms with E-state index in [1.54, 1.807) is 0 Å². The molecule has 0 spiro atoms. The molecule has 1 atom stereocenters. The molecule has 0 saturated heterocycles. The Balaban J connectivity index is 1.78. The monoisotopic (exact) mass is 260 g/mol. The second-order valence-electron chi connectivity index (χ2n) is 5.96. The van der Waals surface area contributed by atoms with Crippen LogP contribution in [0.15, 0.2) is 18.2 Å². The molecule has 1 aromatic carbocycles. The van der Waals surface area contributed by atoms with Crippen molar-refractivity contribution in [2.24, 2.45) is 0 Å². The summed E-state index contributed by atoms with van der Waals surface area (Å²) in [5.41, 5.74) is 4.03. The first kappa shape index (κ1) is 14.6. The molecule has 1 unspecified atom stereocenters. The van der Waals surface area contributed by atoms with Crippen molar-refractivity contribution < 1.29 is 5.11 Å². The third kappa shape index (κ3) is 4.35. The highest BCUT2D eigenvalue weighted by molar-refractivity contribution is 5.35. The van der Waals surface area contributed by atoms with Gasteiger partial charge >= 0.3 is 0 Å². The summed E-state index contributed by atoms with van der Waals surface area (Å²) >= 11 is 0. The Morgan fingerprint density at radius 3 is 2.74 bits per heavy atom. The Hall–Kier alpha value is -0.820. The molecule has 2 rings (SSSR count). The van der Waals surface area contributed by atoms with Crippen molar-refractivity contribution in [3.8, 4) is 0 Å². The van der Waals surface area contributed by atoms with Gasteiger partial charge in [0.2, 0.25) is 0 Å². The molecule has 1 aromatic rings. The van der Waals surface area contributed by atoms with Crippen LogP contribution in [0.4, 0.5) is 0 Å². The van der Waals surface area contributed by atoms with Crippen LogP contribution in [0.1, 0.15) is 81.1 Å². The fraction of sp³-hybridized carbons (Fsp3) is 0.667. The predicted molar refractivity (Wildman–Crippen MR) is 81.4 cm³/mol.